The zero-order valence-corrected chi connectivity index (χ0v) is 12.4. The van der Waals surface area contributed by atoms with Crippen molar-refractivity contribution in [1.29, 1.82) is 0 Å². The van der Waals surface area contributed by atoms with Crippen molar-refractivity contribution in [2.75, 3.05) is 13.1 Å². The Labute approximate surface area is 130 Å². The minimum absolute atomic E-state index is 0.0196. The largest absolute Gasteiger partial charge is 0.338 e. The summed E-state index contributed by atoms with van der Waals surface area (Å²) in [4.78, 5) is 26.9. The van der Waals surface area contributed by atoms with Gasteiger partial charge in [0.15, 0.2) is 5.78 Å². The molecule has 1 aliphatic heterocycles. The highest BCUT2D eigenvalue weighted by Gasteiger charge is 2.29. The van der Waals surface area contributed by atoms with E-state index in [9.17, 15) is 9.59 Å². The van der Waals surface area contributed by atoms with Crippen LogP contribution in [0.15, 0.2) is 60.7 Å². The number of rotatable bonds is 3. The lowest BCUT2D eigenvalue weighted by atomic mass is 9.89. The van der Waals surface area contributed by atoms with Crippen LogP contribution in [-0.4, -0.2) is 29.7 Å². The number of likely N-dealkylation sites (tertiary alicyclic amines) is 1. The molecular formula is C19H19NO2. The Hall–Kier alpha value is -2.42. The number of Topliss-reactive ketones (excluding diaryl/α,β-unsaturated/α-hetero) is 1. The van der Waals surface area contributed by atoms with Crippen LogP contribution in [-0.2, 0) is 0 Å². The van der Waals surface area contributed by atoms with Crippen LogP contribution in [0.5, 0.6) is 0 Å². The Morgan fingerprint density at radius 3 is 2.09 bits per heavy atom. The number of ketones is 1. The summed E-state index contributed by atoms with van der Waals surface area (Å²) in [7, 11) is 0. The molecule has 0 aromatic heterocycles. The Morgan fingerprint density at radius 2 is 1.45 bits per heavy atom. The van der Waals surface area contributed by atoms with Crippen LogP contribution in [0, 0.1) is 5.92 Å². The van der Waals surface area contributed by atoms with E-state index in [0.717, 1.165) is 24.9 Å². The van der Waals surface area contributed by atoms with Gasteiger partial charge < -0.3 is 4.90 Å². The van der Waals surface area contributed by atoms with Crippen molar-refractivity contribution in [2.45, 2.75) is 12.8 Å². The molecule has 3 nitrogen and oxygen atoms in total. The molecule has 1 amide bonds. The zero-order chi connectivity index (χ0) is 15.4. The molecule has 0 unspecified atom stereocenters. The van der Waals surface area contributed by atoms with Gasteiger partial charge in [-0.3, -0.25) is 9.59 Å². The first-order chi connectivity index (χ1) is 10.8. The molecule has 0 spiro atoms. The minimum Gasteiger partial charge on any atom is -0.338 e. The molecule has 2 aromatic carbocycles. The van der Waals surface area contributed by atoms with Crippen molar-refractivity contribution >= 4 is 11.7 Å². The van der Waals surface area contributed by atoms with Crippen molar-refractivity contribution in [2.24, 2.45) is 5.92 Å². The molecule has 0 saturated carbocycles. The fourth-order valence-corrected chi connectivity index (χ4v) is 2.98. The average Bonchev–Trinajstić information content (AvgIpc) is 2.62. The molecule has 3 rings (SSSR count). The first kappa shape index (κ1) is 14.5. The summed E-state index contributed by atoms with van der Waals surface area (Å²) < 4.78 is 0. The molecule has 1 saturated heterocycles. The van der Waals surface area contributed by atoms with Gasteiger partial charge in [0, 0.05) is 30.1 Å². The molecule has 0 radical (unpaired) electrons. The van der Waals surface area contributed by atoms with Gasteiger partial charge in [0.1, 0.15) is 0 Å². The first-order valence-corrected chi connectivity index (χ1v) is 7.69. The van der Waals surface area contributed by atoms with Crippen molar-refractivity contribution < 1.29 is 9.59 Å². The molecule has 0 aliphatic carbocycles. The number of carbonyl (C=O) groups is 2. The summed E-state index contributed by atoms with van der Waals surface area (Å²) in [6.45, 7) is 1.24. The lowest BCUT2D eigenvalue weighted by Crippen LogP contribution is -2.42. The standard InChI is InChI=1S/C19H19NO2/c21-18(15-8-3-1-4-9-15)17-12-7-13-20(14-17)19(22)16-10-5-2-6-11-16/h1-6,8-11,17H,7,12-14H2/t17-/m0/s1. The normalized spacial score (nSPS) is 18.0. The van der Waals surface area contributed by atoms with Crippen LogP contribution in [0.4, 0.5) is 0 Å². The van der Waals surface area contributed by atoms with E-state index in [4.69, 9.17) is 0 Å². The van der Waals surface area contributed by atoms with E-state index < -0.39 is 0 Å². The molecular weight excluding hydrogens is 274 g/mol. The van der Waals surface area contributed by atoms with Crippen molar-refractivity contribution in [3.8, 4) is 0 Å². The van der Waals surface area contributed by atoms with E-state index in [2.05, 4.69) is 0 Å². The summed E-state index contributed by atoms with van der Waals surface area (Å²) >= 11 is 0. The molecule has 3 heteroatoms. The Bertz CT molecular complexity index is 594. The fourth-order valence-electron chi connectivity index (χ4n) is 2.98. The second kappa shape index (κ2) is 6.56. The van der Waals surface area contributed by atoms with Gasteiger partial charge in [0.05, 0.1) is 0 Å². The molecule has 0 bridgehead atoms. The van der Waals surface area contributed by atoms with Gasteiger partial charge in [-0.2, -0.15) is 0 Å². The Morgan fingerprint density at radius 1 is 0.864 bits per heavy atom. The minimum atomic E-state index is -0.0937. The van der Waals surface area contributed by atoms with Crippen LogP contribution in [0.1, 0.15) is 33.6 Å². The first-order valence-electron chi connectivity index (χ1n) is 7.69. The summed E-state index contributed by atoms with van der Waals surface area (Å²) in [5.74, 6) is 0.0705. The second-order valence-electron chi connectivity index (χ2n) is 5.69. The molecule has 22 heavy (non-hydrogen) atoms. The van der Waals surface area contributed by atoms with Crippen molar-refractivity contribution in [3.63, 3.8) is 0 Å². The number of amides is 1. The number of hydrogen-bond acceptors (Lipinski definition) is 2. The van der Waals surface area contributed by atoms with E-state index >= 15 is 0 Å². The van der Waals surface area contributed by atoms with Gasteiger partial charge >= 0.3 is 0 Å². The smallest absolute Gasteiger partial charge is 0.253 e. The molecule has 0 N–H and O–H groups in total. The van der Waals surface area contributed by atoms with Crippen LogP contribution in [0.3, 0.4) is 0 Å². The summed E-state index contributed by atoms with van der Waals surface area (Å²) in [5, 5.41) is 0. The monoisotopic (exact) mass is 293 g/mol. The highest BCUT2D eigenvalue weighted by molar-refractivity contribution is 5.99. The maximum Gasteiger partial charge on any atom is 0.253 e. The predicted octanol–water partition coefficient (Wildman–Crippen LogP) is 3.42. The van der Waals surface area contributed by atoms with E-state index in [1.54, 1.807) is 0 Å². The third-order valence-corrected chi connectivity index (χ3v) is 4.16. The highest BCUT2D eigenvalue weighted by Crippen LogP contribution is 2.22. The van der Waals surface area contributed by atoms with Gasteiger partial charge in [-0.05, 0) is 25.0 Å². The summed E-state index contributed by atoms with van der Waals surface area (Å²) in [6, 6.07) is 18.6. The lowest BCUT2D eigenvalue weighted by molar-refractivity contribution is 0.0637. The van der Waals surface area contributed by atoms with Gasteiger partial charge in [0.2, 0.25) is 0 Å². The summed E-state index contributed by atoms with van der Waals surface area (Å²) in [5.41, 5.74) is 1.43. The van der Waals surface area contributed by atoms with Crippen molar-refractivity contribution in [3.05, 3.63) is 71.8 Å². The molecule has 1 atom stereocenters. The number of nitrogens with zero attached hydrogens (tertiary/aromatic N) is 1. The maximum atomic E-state index is 12.6. The van der Waals surface area contributed by atoms with Crippen molar-refractivity contribution in [1.82, 2.24) is 4.90 Å². The SMILES string of the molecule is O=C(c1ccccc1)[C@H]1CCCN(C(=O)c2ccccc2)C1. The quantitative estimate of drug-likeness (QED) is 0.813. The lowest BCUT2D eigenvalue weighted by Gasteiger charge is -2.32. The van der Waals surface area contributed by atoms with Crippen LogP contribution in [0.2, 0.25) is 0 Å². The highest BCUT2D eigenvalue weighted by atomic mass is 16.2. The third kappa shape index (κ3) is 3.08. The number of carbonyl (C=O) groups excluding carboxylic acids is 2. The maximum absolute atomic E-state index is 12.6. The van der Waals surface area contributed by atoms with Crippen LogP contribution >= 0.6 is 0 Å². The van der Waals surface area contributed by atoms with Gasteiger partial charge in [-0.1, -0.05) is 48.5 Å². The Balaban J connectivity index is 1.72. The zero-order valence-electron chi connectivity index (χ0n) is 12.4. The average molecular weight is 293 g/mol. The third-order valence-electron chi connectivity index (χ3n) is 4.16. The molecule has 1 fully saturated rings. The molecule has 2 aromatic rings. The molecule has 1 heterocycles. The van der Waals surface area contributed by atoms with E-state index in [1.165, 1.54) is 0 Å². The van der Waals surface area contributed by atoms with Crippen LogP contribution < -0.4 is 0 Å². The second-order valence-corrected chi connectivity index (χ2v) is 5.69. The van der Waals surface area contributed by atoms with Crippen LogP contribution in [0.25, 0.3) is 0 Å². The van der Waals surface area contributed by atoms with Gasteiger partial charge in [0.25, 0.3) is 5.91 Å². The Kier molecular flexibility index (Phi) is 4.33. The number of piperidine rings is 1. The molecule has 112 valence electrons. The number of hydrogen-bond donors (Lipinski definition) is 0. The number of benzene rings is 2. The van der Waals surface area contributed by atoms with Gasteiger partial charge in [-0.15, -0.1) is 0 Å². The predicted molar refractivity (Wildman–Crippen MR) is 85.8 cm³/mol. The summed E-state index contributed by atoms with van der Waals surface area (Å²) in [6.07, 6.45) is 1.73. The van der Waals surface area contributed by atoms with E-state index in [0.29, 0.717) is 12.1 Å². The van der Waals surface area contributed by atoms with Gasteiger partial charge in [-0.25, -0.2) is 0 Å². The van der Waals surface area contributed by atoms with E-state index in [-0.39, 0.29) is 17.6 Å². The molecule has 1 aliphatic rings. The van der Waals surface area contributed by atoms with E-state index in [1.807, 2.05) is 65.6 Å². The fraction of sp³-hybridized carbons (Fsp3) is 0.263. The topological polar surface area (TPSA) is 37.4 Å².